The zero-order valence-corrected chi connectivity index (χ0v) is 13.1. The number of carbonyl (C=O) groups excluding carboxylic acids is 1. The second-order valence-corrected chi connectivity index (χ2v) is 5.58. The first-order valence-electron chi connectivity index (χ1n) is 7.20. The molecule has 21 heavy (non-hydrogen) atoms. The number of hydrogen-bond donors (Lipinski definition) is 1. The zero-order chi connectivity index (χ0) is 15.1. The van der Waals surface area contributed by atoms with Crippen LogP contribution in [0.5, 0.6) is 5.75 Å². The van der Waals surface area contributed by atoms with E-state index in [0.717, 1.165) is 31.9 Å². The molecule has 1 fully saturated rings. The summed E-state index contributed by atoms with van der Waals surface area (Å²) in [7, 11) is 1.82. The molecule has 1 aliphatic rings. The van der Waals surface area contributed by atoms with E-state index in [0.29, 0.717) is 24.7 Å². The zero-order valence-electron chi connectivity index (χ0n) is 12.3. The molecule has 1 aromatic rings. The lowest BCUT2D eigenvalue weighted by molar-refractivity contribution is -0.131. The molecular formula is C15H22ClN3O2. The van der Waals surface area contributed by atoms with Crippen LogP contribution < -0.4 is 10.1 Å². The number of benzene rings is 1. The standard InChI is InChI=1S/C15H22ClN3O2/c1-18(15(20)12-19-8-6-17-7-9-19)10-11-21-14-4-2-13(16)3-5-14/h2-5,17H,6-12H2,1H3. The van der Waals surface area contributed by atoms with E-state index < -0.39 is 0 Å². The summed E-state index contributed by atoms with van der Waals surface area (Å²) in [5, 5.41) is 3.96. The highest BCUT2D eigenvalue weighted by Crippen LogP contribution is 2.15. The number of halogens is 1. The first-order valence-corrected chi connectivity index (χ1v) is 7.58. The van der Waals surface area contributed by atoms with E-state index >= 15 is 0 Å². The number of likely N-dealkylation sites (N-methyl/N-ethyl adjacent to an activating group) is 1. The van der Waals surface area contributed by atoms with Gasteiger partial charge in [-0.1, -0.05) is 11.6 Å². The number of rotatable bonds is 6. The summed E-state index contributed by atoms with van der Waals surface area (Å²) in [4.78, 5) is 16.0. The third-order valence-corrected chi connectivity index (χ3v) is 3.76. The van der Waals surface area contributed by atoms with E-state index in [4.69, 9.17) is 16.3 Å². The number of hydrogen-bond acceptors (Lipinski definition) is 4. The van der Waals surface area contributed by atoms with Gasteiger partial charge in [-0.2, -0.15) is 0 Å². The molecule has 0 aliphatic carbocycles. The number of nitrogens with zero attached hydrogens (tertiary/aromatic N) is 2. The van der Waals surface area contributed by atoms with Crippen LogP contribution in [0.25, 0.3) is 0 Å². The van der Waals surface area contributed by atoms with E-state index in [-0.39, 0.29) is 5.91 Å². The molecule has 6 heteroatoms. The van der Waals surface area contributed by atoms with Gasteiger partial charge in [-0.25, -0.2) is 0 Å². The summed E-state index contributed by atoms with van der Waals surface area (Å²) in [6, 6.07) is 7.22. The van der Waals surface area contributed by atoms with Gasteiger partial charge in [0.1, 0.15) is 12.4 Å². The highest BCUT2D eigenvalue weighted by Gasteiger charge is 2.16. The Morgan fingerprint density at radius 3 is 2.67 bits per heavy atom. The average molecular weight is 312 g/mol. The molecule has 1 N–H and O–H groups in total. The van der Waals surface area contributed by atoms with Gasteiger partial charge in [-0.15, -0.1) is 0 Å². The van der Waals surface area contributed by atoms with Gasteiger partial charge in [-0.05, 0) is 24.3 Å². The molecule has 0 spiro atoms. The fraction of sp³-hybridized carbons (Fsp3) is 0.533. The van der Waals surface area contributed by atoms with E-state index in [1.807, 2.05) is 19.2 Å². The maximum absolute atomic E-state index is 12.1. The van der Waals surface area contributed by atoms with Crippen molar-refractivity contribution in [2.75, 3.05) is 52.9 Å². The molecule has 0 unspecified atom stereocenters. The summed E-state index contributed by atoms with van der Waals surface area (Å²) in [5.41, 5.74) is 0. The molecule has 1 aliphatic heterocycles. The average Bonchev–Trinajstić information content (AvgIpc) is 2.50. The molecule has 1 heterocycles. The van der Waals surface area contributed by atoms with Crippen LogP contribution in [0.3, 0.4) is 0 Å². The van der Waals surface area contributed by atoms with Gasteiger partial charge in [0.2, 0.25) is 5.91 Å². The summed E-state index contributed by atoms with van der Waals surface area (Å²) in [6.45, 7) is 5.31. The van der Waals surface area contributed by atoms with Crippen molar-refractivity contribution < 1.29 is 9.53 Å². The Kier molecular flexibility index (Phi) is 6.29. The van der Waals surface area contributed by atoms with Gasteiger partial charge >= 0.3 is 0 Å². The fourth-order valence-electron chi connectivity index (χ4n) is 2.14. The molecule has 116 valence electrons. The largest absolute Gasteiger partial charge is 0.492 e. The maximum atomic E-state index is 12.1. The van der Waals surface area contributed by atoms with Crippen LogP contribution >= 0.6 is 11.6 Å². The van der Waals surface area contributed by atoms with Gasteiger partial charge in [-0.3, -0.25) is 9.69 Å². The van der Waals surface area contributed by atoms with E-state index in [2.05, 4.69) is 10.2 Å². The number of ether oxygens (including phenoxy) is 1. The van der Waals surface area contributed by atoms with E-state index in [1.54, 1.807) is 17.0 Å². The van der Waals surface area contributed by atoms with Crippen LogP contribution in [-0.4, -0.2) is 68.6 Å². The molecule has 1 amide bonds. The second kappa shape index (κ2) is 8.22. The van der Waals surface area contributed by atoms with Crippen molar-refractivity contribution in [2.45, 2.75) is 0 Å². The number of nitrogens with one attached hydrogen (secondary N) is 1. The van der Waals surface area contributed by atoms with Gasteiger partial charge < -0.3 is 15.0 Å². The van der Waals surface area contributed by atoms with Crippen molar-refractivity contribution >= 4 is 17.5 Å². The van der Waals surface area contributed by atoms with Crippen LogP contribution in [0.4, 0.5) is 0 Å². The Morgan fingerprint density at radius 2 is 2.00 bits per heavy atom. The third kappa shape index (κ3) is 5.53. The fourth-order valence-corrected chi connectivity index (χ4v) is 2.26. The number of amides is 1. The SMILES string of the molecule is CN(CCOc1ccc(Cl)cc1)C(=O)CN1CCNCC1. The minimum absolute atomic E-state index is 0.136. The smallest absolute Gasteiger partial charge is 0.236 e. The number of carbonyl (C=O) groups is 1. The van der Waals surface area contributed by atoms with Crippen molar-refractivity contribution in [3.8, 4) is 5.75 Å². The van der Waals surface area contributed by atoms with Crippen molar-refractivity contribution in [2.24, 2.45) is 0 Å². The lowest BCUT2D eigenvalue weighted by Crippen LogP contribution is -2.48. The molecule has 1 saturated heterocycles. The van der Waals surface area contributed by atoms with Crippen molar-refractivity contribution in [1.82, 2.24) is 15.1 Å². The Labute approximate surface area is 130 Å². The van der Waals surface area contributed by atoms with Crippen LogP contribution in [0, 0.1) is 0 Å². The monoisotopic (exact) mass is 311 g/mol. The van der Waals surface area contributed by atoms with Crippen LogP contribution in [0.2, 0.25) is 5.02 Å². The lowest BCUT2D eigenvalue weighted by Gasteiger charge is -2.28. The van der Waals surface area contributed by atoms with Crippen LogP contribution in [0.1, 0.15) is 0 Å². The summed E-state index contributed by atoms with van der Waals surface area (Å²) in [5.74, 6) is 0.902. The molecule has 0 bridgehead atoms. The summed E-state index contributed by atoms with van der Waals surface area (Å²) >= 11 is 5.81. The van der Waals surface area contributed by atoms with Gasteiger partial charge in [0.25, 0.3) is 0 Å². The van der Waals surface area contributed by atoms with Crippen molar-refractivity contribution in [1.29, 1.82) is 0 Å². The topological polar surface area (TPSA) is 44.8 Å². The second-order valence-electron chi connectivity index (χ2n) is 5.14. The molecule has 2 rings (SSSR count). The molecule has 0 saturated carbocycles. The van der Waals surface area contributed by atoms with Gasteiger partial charge in [0, 0.05) is 38.2 Å². The lowest BCUT2D eigenvalue weighted by atomic mass is 10.3. The van der Waals surface area contributed by atoms with Crippen LogP contribution in [-0.2, 0) is 4.79 Å². The normalized spacial score (nSPS) is 15.7. The summed E-state index contributed by atoms with van der Waals surface area (Å²) in [6.07, 6.45) is 0. The molecule has 0 aromatic heterocycles. The molecule has 0 radical (unpaired) electrons. The Hall–Kier alpha value is -1.30. The van der Waals surface area contributed by atoms with E-state index in [9.17, 15) is 4.79 Å². The Bertz CT molecular complexity index is 447. The predicted octanol–water partition coefficient (Wildman–Crippen LogP) is 1.08. The van der Waals surface area contributed by atoms with Crippen molar-refractivity contribution in [3.05, 3.63) is 29.3 Å². The molecule has 1 aromatic carbocycles. The minimum Gasteiger partial charge on any atom is -0.492 e. The first kappa shape index (κ1) is 16.1. The Balaban J connectivity index is 1.67. The third-order valence-electron chi connectivity index (χ3n) is 3.50. The summed E-state index contributed by atoms with van der Waals surface area (Å²) < 4.78 is 5.60. The predicted molar refractivity (Wildman–Crippen MR) is 83.9 cm³/mol. The minimum atomic E-state index is 0.136. The molecular weight excluding hydrogens is 290 g/mol. The molecule has 5 nitrogen and oxygen atoms in total. The van der Waals surface area contributed by atoms with Gasteiger partial charge in [0.15, 0.2) is 0 Å². The highest BCUT2D eigenvalue weighted by atomic mass is 35.5. The first-order chi connectivity index (χ1) is 10.1. The molecule has 0 atom stereocenters. The maximum Gasteiger partial charge on any atom is 0.236 e. The van der Waals surface area contributed by atoms with Gasteiger partial charge in [0.05, 0.1) is 13.1 Å². The highest BCUT2D eigenvalue weighted by molar-refractivity contribution is 6.30. The Morgan fingerprint density at radius 1 is 1.33 bits per heavy atom. The number of piperazine rings is 1. The van der Waals surface area contributed by atoms with E-state index in [1.165, 1.54) is 0 Å². The van der Waals surface area contributed by atoms with Crippen LogP contribution in [0.15, 0.2) is 24.3 Å². The quantitative estimate of drug-likeness (QED) is 0.854. The van der Waals surface area contributed by atoms with Crippen molar-refractivity contribution in [3.63, 3.8) is 0 Å².